The third kappa shape index (κ3) is 5.58. The Morgan fingerprint density at radius 2 is 1.68 bits per heavy atom. The highest BCUT2D eigenvalue weighted by Crippen LogP contribution is 2.22. The number of hydrogen-bond acceptors (Lipinski definition) is 3. The van der Waals surface area contributed by atoms with Gasteiger partial charge < -0.3 is 20.4 Å². The van der Waals surface area contributed by atoms with Crippen LogP contribution in [0.4, 0.5) is 4.79 Å². The molecule has 0 aliphatic rings. The van der Waals surface area contributed by atoms with E-state index in [0.29, 0.717) is 0 Å². The number of urea groups is 1. The van der Waals surface area contributed by atoms with E-state index in [2.05, 4.69) is 5.32 Å². The van der Waals surface area contributed by atoms with Crippen LogP contribution in [0.25, 0.3) is 0 Å². The van der Waals surface area contributed by atoms with E-state index in [1.807, 2.05) is 27.7 Å². The number of carbonyl (C=O) groups is 3. The van der Waals surface area contributed by atoms with Crippen LogP contribution in [0.5, 0.6) is 0 Å². The SMILES string of the molecule is CC(N(C)C(=O)N[C@@H](CC(=O)O)C(=O)O)C(C)(C)C. The minimum absolute atomic E-state index is 0.133. The number of carbonyl (C=O) groups excluding carboxylic acids is 1. The van der Waals surface area contributed by atoms with E-state index in [1.54, 1.807) is 7.05 Å². The lowest BCUT2D eigenvalue weighted by Gasteiger charge is -2.35. The topological polar surface area (TPSA) is 107 Å². The highest BCUT2D eigenvalue weighted by Gasteiger charge is 2.30. The lowest BCUT2D eigenvalue weighted by Crippen LogP contribution is -2.52. The van der Waals surface area contributed by atoms with Gasteiger partial charge in [0.1, 0.15) is 6.04 Å². The minimum atomic E-state index is -1.43. The maximum Gasteiger partial charge on any atom is 0.326 e. The van der Waals surface area contributed by atoms with Crippen molar-refractivity contribution in [2.24, 2.45) is 5.41 Å². The summed E-state index contributed by atoms with van der Waals surface area (Å²) in [5, 5.41) is 19.7. The summed E-state index contributed by atoms with van der Waals surface area (Å²) >= 11 is 0. The first-order valence-electron chi connectivity index (χ1n) is 5.94. The van der Waals surface area contributed by atoms with Crippen LogP contribution < -0.4 is 5.32 Å². The summed E-state index contributed by atoms with van der Waals surface area (Å²) < 4.78 is 0. The Morgan fingerprint density at radius 3 is 2.00 bits per heavy atom. The molecule has 0 aromatic carbocycles. The maximum atomic E-state index is 11.9. The second-order valence-corrected chi connectivity index (χ2v) is 5.59. The zero-order chi connectivity index (χ0) is 15.4. The van der Waals surface area contributed by atoms with Crippen LogP contribution in [0, 0.1) is 5.41 Å². The van der Waals surface area contributed by atoms with Gasteiger partial charge in [0.2, 0.25) is 0 Å². The number of nitrogens with one attached hydrogen (secondary N) is 1. The second kappa shape index (κ2) is 6.40. The van der Waals surface area contributed by atoms with Crippen molar-refractivity contribution >= 4 is 18.0 Å². The van der Waals surface area contributed by atoms with Crippen molar-refractivity contribution in [2.75, 3.05) is 7.05 Å². The molecule has 1 unspecified atom stereocenters. The average molecular weight is 274 g/mol. The first-order valence-corrected chi connectivity index (χ1v) is 5.94. The molecule has 2 atom stereocenters. The van der Waals surface area contributed by atoms with Gasteiger partial charge in [-0.05, 0) is 12.3 Å². The molecule has 0 aliphatic heterocycles. The lowest BCUT2D eigenvalue weighted by atomic mass is 9.87. The van der Waals surface area contributed by atoms with Gasteiger partial charge >= 0.3 is 18.0 Å². The zero-order valence-electron chi connectivity index (χ0n) is 11.9. The Bertz CT molecular complexity index is 362. The van der Waals surface area contributed by atoms with E-state index in [9.17, 15) is 14.4 Å². The Morgan fingerprint density at radius 1 is 1.21 bits per heavy atom. The van der Waals surface area contributed by atoms with Crippen molar-refractivity contribution in [1.82, 2.24) is 10.2 Å². The van der Waals surface area contributed by atoms with Crippen molar-refractivity contribution in [2.45, 2.75) is 46.2 Å². The van der Waals surface area contributed by atoms with Crippen LogP contribution in [0.3, 0.4) is 0 Å². The third-order valence-corrected chi connectivity index (χ3v) is 3.13. The molecule has 19 heavy (non-hydrogen) atoms. The summed E-state index contributed by atoms with van der Waals surface area (Å²) in [6.45, 7) is 7.70. The molecule has 3 N–H and O–H groups in total. The summed E-state index contributed by atoms with van der Waals surface area (Å²) in [5.74, 6) is -2.65. The van der Waals surface area contributed by atoms with Gasteiger partial charge in [-0.1, -0.05) is 20.8 Å². The van der Waals surface area contributed by atoms with Gasteiger partial charge in [-0.15, -0.1) is 0 Å². The Labute approximate surface area is 112 Å². The van der Waals surface area contributed by atoms with Crippen LogP contribution in [0.15, 0.2) is 0 Å². The van der Waals surface area contributed by atoms with Crippen molar-refractivity contribution in [3.05, 3.63) is 0 Å². The average Bonchev–Trinajstić information content (AvgIpc) is 2.23. The van der Waals surface area contributed by atoms with E-state index in [1.165, 1.54) is 4.90 Å². The standard InChI is InChI=1S/C12H22N2O5/c1-7(12(2,3)4)14(5)11(19)13-8(10(17)18)6-9(15)16/h7-8H,6H2,1-5H3,(H,13,19)(H,15,16)(H,17,18)/t7?,8-/m0/s1. The molecule has 0 saturated carbocycles. The quantitative estimate of drug-likeness (QED) is 0.693. The molecule has 7 nitrogen and oxygen atoms in total. The molecular weight excluding hydrogens is 252 g/mol. The van der Waals surface area contributed by atoms with Crippen LogP contribution in [-0.2, 0) is 9.59 Å². The summed E-state index contributed by atoms with van der Waals surface area (Å²) in [6.07, 6.45) is -0.654. The monoisotopic (exact) mass is 274 g/mol. The number of amides is 2. The molecule has 0 spiro atoms. The van der Waals surface area contributed by atoms with Crippen LogP contribution in [0.2, 0.25) is 0 Å². The lowest BCUT2D eigenvalue weighted by molar-refractivity contribution is -0.145. The van der Waals surface area contributed by atoms with Crippen LogP contribution in [0.1, 0.15) is 34.1 Å². The Hall–Kier alpha value is -1.79. The fourth-order valence-corrected chi connectivity index (χ4v) is 1.38. The van der Waals surface area contributed by atoms with Gasteiger partial charge in [0, 0.05) is 13.1 Å². The maximum absolute atomic E-state index is 11.9. The number of aliphatic carboxylic acids is 2. The smallest absolute Gasteiger partial charge is 0.326 e. The number of hydrogen-bond donors (Lipinski definition) is 3. The van der Waals surface area contributed by atoms with Gasteiger partial charge in [-0.2, -0.15) is 0 Å². The van der Waals surface area contributed by atoms with Crippen molar-refractivity contribution < 1.29 is 24.6 Å². The molecular formula is C12H22N2O5. The predicted octanol–water partition coefficient (Wildman–Crippen LogP) is 0.990. The van der Waals surface area contributed by atoms with Gasteiger partial charge in [-0.3, -0.25) is 4.79 Å². The second-order valence-electron chi connectivity index (χ2n) is 5.59. The van der Waals surface area contributed by atoms with Crippen molar-refractivity contribution in [1.29, 1.82) is 0 Å². The fourth-order valence-electron chi connectivity index (χ4n) is 1.38. The minimum Gasteiger partial charge on any atom is -0.481 e. The van der Waals surface area contributed by atoms with E-state index in [4.69, 9.17) is 10.2 Å². The number of rotatable bonds is 5. The Kier molecular flexibility index (Phi) is 5.80. The van der Waals surface area contributed by atoms with Gasteiger partial charge in [0.15, 0.2) is 0 Å². The highest BCUT2D eigenvalue weighted by molar-refractivity contribution is 5.86. The van der Waals surface area contributed by atoms with Gasteiger partial charge in [-0.25, -0.2) is 9.59 Å². The molecule has 2 amide bonds. The van der Waals surface area contributed by atoms with Gasteiger partial charge in [0.25, 0.3) is 0 Å². The van der Waals surface area contributed by atoms with E-state index < -0.39 is 30.4 Å². The Balaban J connectivity index is 4.73. The zero-order valence-corrected chi connectivity index (χ0v) is 11.9. The van der Waals surface area contributed by atoms with E-state index >= 15 is 0 Å². The number of carboxylic acid groups (broad SMARTS) is 2. The summed E-state index contributed by atoms with van der Waals surface area (Å²) in [5.41, 5.74) is -0.169. The highest BCUT2D eigenvalue weighted by atomic mass is 16.4. The predicted molar refractivity (Wildman–Crippen MR) is 68.9 cm³/mol. The molecule has 0 heterocycles. The molecule has 0 rings (SSSR count). The van der Waals surface area contributed by atoms with E-state index in [-0.39, 0.29) is 11.5 Å². The summed E-state index contributed by atoms with van der Waals surface area (Å²) in [6, 6.07) is -2.16. The van der Waals surface area contributed by atoms with Gasteiger partial charge in [0.05, 0.1) is 6.42 Å². The molecule has 0 radical (unpaired) electrons. The fraction of sp³-hybridized carbons (Fsp3) is 0.750. The molecule has 0 saturated heterocycles. The number of carboxylic acids is 2. The van der Waals surface area contributed by atoms with Crippen LogP contribution >= 0.6 is 0 Å². The number of nitrogens with zero attached hydrogens (tertiary/aromatic N) is 1. The molecule has 110 valence electrons. The molecule has 7 heteroatoms. The first kappa shape index (κ1) is 17.2. The van der Waals surface area contributed by atoms with Crippen LogP contribution in [-0.4, -0.2) is 52.2 Å². The molecule has 0 bridgehead atoms. The first-order chi connectivity index (χ1) is 8.46. The van der Waals surface area contributed by atoms with Crippen molar-refractivity contribution in [3.8, 4) is 0 Å². The summed E-state index contributed by atoms with van der Waals surface area (Å²) in [7, 11) is 1.55. The van der Waals surface area contributed by atoms with Crippen molar-refractivity contribution in [3.63, 3.8) is 0 Å². The molecule has 0 aliphatic carbocycles. The normalized spacial score (nSPS) is 14.4. The largest absolute Gasteiger partial charge is 0.481 e. The molecule has 0 aromatic rings. The summed E-state index contributed by atoms with van der Waals surface area (Å²) in [4.78, 5) is 34.7. The molecule has 0 fully saturated rings. The molecule has 0 aromatic heterocycles. The van der Waals surface area contributed by atoms with E-state index in [0.717, 1.165) is 0 Å². The third-order valence-electron chi connectivity index (χ3n) is 3.13.